The molecular formula is C28H33N5. The van der Waals surface area contributed by atoms with Gasteiger partial charge in [0, 0.05) is 18.4 Å². The minimum absolute atomic E-state index is 0.247. The van der Waals surface area contributed by atoms with E-state index >= 15 is 0 Å². The summed E-state index contributed by atoms with van der Waals surface area (Å²) in [6.45, 7) is 4.94. The van der Waals surface area contributed by atoms with Crippen LogP contribution in [0.2, 0.25) is 0 Å². The van der Waals surface area contributed by atoms with E-state index < -0.39 is 0 Å². The molecule has 5 nitrogen and oxygen atoms in total. The summed E-state index contributed by atoms with van der Waals surface area (Å²) in [4.78, 5) is 15.7. The molecule has 0 aliphatic heterocycles. The number of aryl methyl sites for hydroxylation is 1. The molecule has 0 amide bonds. The summed E-state index contributed by atoms with van der Waals surface area (Å²) in [6.07, 6.45) is 7.77. The first kappa shape index (κ1) is 21.7. The zero-order valence-corrected chi connectivity index (χ0v) is 19.4. The molecule has 1 aliphatic rings. The number of H-pyrrole nitrogens is 1. The fraction of sp³-hybridized carbons (Fsp3) is 0.357. The van der Waals surface area contributed by atoms with Crippen molar-refractivity contribution in [3.05, 3.63) is 89.5 Å². The zero-order valence-electron chi connectivity index (χ0n) is 19.4. The monoisotopic (exact) mass is 439 g/mol. The number of unbranched alkanes of at least 4 members (excludes halogenated alkanes) is 1. The molecule has 2 aromatic carbocycles. The van der Waals surface area contributed by atoms with Crippen LogP contribution in [-0.2, 0) is 19.5 Å². The molecule has 0 saturated carbocycles. The van der Waals surface area contributed by atoms with Crippen LogP contribution in [0.5, 0.6) is 0 Å². The van der Waals surface area contributed by atoms with Crippen molar-refractivity contribution in [1.82, 2.24) is 20.3 Å². The lowest BCUT2D eigenvalue weighted by Crippen LogP contribution is -2.32. The molecule has 2 heterocycles. The smallest absolute Gasteiger partial charge is 0.126 e. The molecule has 5 heteroatoms. The molecule has 5 rings (SSSR count). The maximum absolute atomic E-state index is 4.88. The van der Waals surface area contributed by atoms with Crippen LogP contribution < -0.4 is 10.2 Å². The number of aromatic nitrogens is 3. The second-order valence-electron chi connectivity index (χ2n) is 8.98. The van der Waals surface area contributed by atoms with Crippen LogP contribution in [0.25, 0.3) is 11.0 Å². The number of nitrogens with zero attached hydrogens (tertiary/aromatic N) is 3. The molecule has 4 aromatic rings. The first-order valence-corrected chi connectivity index (χ1v) is 12.3. The van der Waals surface area contributed by atoms with Crippen molar-refractivity contribution in [3.63, 3.8) is 0 Å². The lowest BCUT2D eigenvalue weighted by atomic mass is 9.90. The average Bonchev–Trinajstić information content (AvgIpc) is 3.28. The van der Waals surface area contributed by atoms with Gasteiger partial charge in [0.2, 0.25) is 0 Å². The number of nitrogens with one attached hydrogen (secondary N) is 2. The van der Waals surface area contributed by atoms with Crippen molar-refractivity contribution >= 4 is 16.7 Å². The summed E-state index contributed by atoms with van der Waals surface area (Å²) in [5.74, 6) is 0.990. The van der Waals surface area contributed by atoms with Gasteiger partial charge >= 0.3 is 0 Å². The van der Waals surface area contributed by atoms with Crippen molar-refractivity contribution in [2.75, 3.05) is 11.4 Å². The van der Waals surface area contributed by atoms with E-state index in [1.54, 1.807) is 0 Å². The van der Waals surface area contributed by atoms with Crippen LogP contribution >= 0.6 is 0 Å². The summed E-state index contributed by atoms with van der Waals surface area (Å²) in [7, 11) is 0. The molecule has 33 heavy (non-hydrogen) atoms. The topological polar surface area (TPSA) is 56.8 Å². The number of hydrogen-bond donors (Lipinski definition) is 2. The minimum atomic E-state index is 0.247. The van der Waals surface area contributed by atoms with E-state index in [1.807, 2.05) is 12.3 Å². The number of rotatable bonds is 9. The Bertz CT molecular complexity index is 1150. The Morgan fingerprint density at radius 2 is 1.94 bits per heavy atom. The van der Waals surface area contributed by atoms with Gasteiger partial charge in [-0.25, -0.2) is 4.98 Å². The standard InChI is InChI=1S/C28H33N5/c1-2-3-17-29-19-21-13-15-23(16-14-21)33(20-27-31-24-10-4-5-11-25(24)32-27)26-12-6-8-22-9-7-18-30-28(22)26/h4-5,7,9-11,13-16,18,26,29H,2-3,6,8,12,17,19-20H2,1H3,(H,31,32). The molecule has 1 aliphatic carbocycles. The molecule has 2 N–H and O–H groups in total. The van der Waals surface area contributed by atoms with Gasteiger partial charge in [-0.1, -0.05) is 43.7 Å². The molecule has 0 radical (unpaired) electrons. The van der Waals surface area contributed by atoms with E-state index in [2.05, 4.69) is 76.7 Å². The Balaban J connectivity index is 1.44. The van der Waals surface area contributed by atoms with Gasteiger partial charge in [-0.15, -0.1) is 0 Å². The maximum Gasteiger partial charge on any atom is 0.126 e. The SMILES string of the molecule is CCCCNCc1ccc(N(Cc2nc3ccccc3[nH]2)C2CCCc3cccnc32)cc1. The van der Waals surface area contributed by atoms with Crippen molar-refractivity contribution in [3.8, 4) is 0 Å². The first-order chi connectivity index (χ1) is 16.3. The van der Waals surface area contributed by atoms with Crippen molar-refractivity contribution in [1.29, 1.82) is 0 Å². The minimum Gasteiger partial charge on any atom is -0.355 e. The number of pyridine rings is 1. The van der Waals surface area contributed by atoms with E-state index in [0.717, 1.165) is 49.3 Å². The lowest BCUT2D eigenvalue weighted by Gasteiger charge is -2.36. The van der Waals surface area contributed by atoms with Crippen LogP contribution in [0, 0.1) is 0 Å². The number of anilines is 1. The van der Waals surface area contributed by atoms with Crippen molar-refractivity contribution < 1.29 is 0 Å². The average molecular weight is 440 g/mol. The zero-order chi connectivity index (χ0) is 22.5. The third-order valence-electron chi connectivity index (χ3n) is 6.60. The highest BCUT2D eigenvalue weighted by atomic mass is 15.2. The van der Waals surface area contributed by atoms with Crippen molar-refractivity contribution in [2.24, 2.45) is 0 Å². The largest absolute Gasteiger partial charge is 0.355 e. The molecule has 170 valence electrons. The van der Waals surface area contributed by atoms with Gasteiger partial charge in [-0.3, -0.25) is 4.98 Å². The predicted molar refractivity (Wildman–Crippen MR) is 135 cm³/mol. The van der Waals surface area contributed by atoms with Gasteiger partial charge in [-0.05, 0) is 73.7 Å². The quantitative estimate of drug-likeness (QED) is 0.317. The van der Waals surface area contributed by atoms with Gasteiger partial charge in [0.25, 0.3) is 0 Å². The Morgan fingerprint density at radius 1 is 1.06 bits per heavy atom. The second-order valence-corrected chi connectivity index (χ2v) is 8.98. The van der Waals surface area contributed by atoms with E-state index in [9.17, 15) is 0 Å². The van der Waals surface area contributed by atoms with Gasteiger partial charge in [0.05, 0.1) is 29.3 Å². The summed E-state index contributed by atoms with van der Waals surface area (Å²) in [5.41, 5.74) is 7.23. The lowest BCUT2D eigenvalue weighted by molar-refractivity contribution is 0.501. The Hall–Kier alpha value is -3.18. The van der Waals surface area contributed by atoms with Crippen LogP contribution in [0.1, 0.15) is 61.3 Å². The summed E-state index contributed by atoms with van der Waals surface area (Å²) < 4.78 is 0. The number of benzene rings is 2. The van der Waals surface area contributed by atoms with E-state index in [1.165, 1.54) is 41.8 Å². The van der Waals surface area contributed by atoms with Crippen LogP contribution in [0.4, 0.5) is 5.69 Å². The molecule has 0 fully saturated rings. The van der Waals surface area contributed by atoms with Crippen LogP contribution in [-0.4, -0.2) is 21.5 Å². The first-order valence-electron chi connectivity index (χ1n) is 12.3. The third kappa shape index (κ3) is 4.93. The molecule has 2 aromatic heterocycles. The molecular weight excluding hydrogens is 406 g/mol. The van der Waals surface area contributed by atoms with Crippen LogP contribution in [0.3, 0.4) is 0 Å². The van der Waals surface area contributed by atoms with E-state index in [-0.39, 0.29) is 6.04 Å². The predicted octanol–water partition coefficient (Wildman–Crippen LogP) is 5.93. The normalized spacial score (nSPS) is 15.5. The van der Waals surface area contributed by atoms with Gasteiger partial charge < -0.3 is 15.2 Å². The molecule has 1 atom stereocenters. The highest BCUT2D eigenvalue weighted by Crippen LogP contribution is 2.37. The number of aromatic amines is 1. The second kappa shape index (κ2) is 10.2. The fourth-order valence-corrected chi connectivity index (χ4v) is 4.85. The highest BCUT2D eigenvalue weighted by Gasteiger charge is 2.28. The Kier molecular flexibility index (Phi) is 6.68. The fourth-order valence-electron chi connectivity index (χ4n) is 4.85. The summed E-state index contributed by atoms with van der Waals surface area (Å²) in [6, 6.07) is 21.8. The molecule has 0 saturated heterocycles. The molecule has 0 spiro atoms. The summed E-state index contributed by atoms with van der Waals surface area (Å²) in [5, 5.41) is 3.54. The number of para-hydroxylation sites is 2. The third-order valence-corrected chi connectivity index (χ3v) is 6.60. The van der Waals surface area contributed by atoms with Crippen molar-refractivity contribution in [2.45, 2.75) is 58.2 Å². The highest BCUT2D eigenvalue weighted by molar-refractivity contribution is 5.74. The number of fused-ring (bicyclic) bond motifs is 2. The molecule has 1 unspecified atom stereocenters. The Morgan fingerprint density at radius 3 is 2.79 bits per heavy atom. The van der Waals surface area contributed by atoms with Gasteiger partial charge in [0.15, 0.2) is 0 Å². The maximum atomic E-state index is 4.88. The van der Waals surface area contributed by atoms with Gasteiger partial charge in [0.1, 0.15) is 5.82 Å². The molecule has 0 bridgehead atoms. The van der Waals surface area contributed by atoms with E-state index in [4.69, 9.17) is 9.97 Å². The summed E-state index contributed by atoms with van der Waals surface area (Å²) >= 11 is 0. The van der Waals surface area contributed by atoms with Gasteiger partial charge in [-0.2, -0.15) is 0 Å². The van der Waals surface area contributed by atoms with E-state index in [0.29, 0.717) is 0 Å². The number of imidazole rings is 1. The van der Waals surface area contributed by atoms with Crippen LogP contribution in [0.15, 0.2) is 66.9 Å². The Labute approximate surface area is 196 Å². The number of hydrogen-bond acceptors (Lipinski definition) is 4.